The van der Waals surface area contributed by atoms with Crippen molar-refractivity contribution in [1.29, 1.82) is 0 Å². The van der Waals surface area contributed by atoms with E-state index < -0.39 is 6.04 Å². The van der Waals surface area contributed by atoms with Crippen molar-refractivity contribution in [2.75, 3.05) is 0 Å². The number of nitrogens with one attached hydrogen (secondary N) is 1. The summed E-state index contributed by atoms with van der Waals surface area (Å²) >= 11 is 7.89. The molecule has 31 heavy (non-hydrogen) atoms. The van der Waals surface area contributed by atoms with Gasteiger partial charge in [0.05, 0.1) is 12.1 Å². The summed E-state index contributed by atoms with van der Waals surface area (Å²) in [4.78, 5) is 29.6. The minimum atomic E-state index is -0.862. The van der Waals surface area contributed by atoms with E-state index in [1.807, 2.05) is 31.4 Å². The molecule has 1 heterocycles. The molecule has 1 aliphatic carbocycles. The van der Waals surface area contributed by atoms with Crippen LogP contribution in [0.3, 0.4) is 0 Å². The summed E-state index contributed by atoms with van der Waals surface area (Å²) in [5.41, 5.74) is 2.06. The predicted octanol–water partition coefficient (Wildman–Crippen LogP) is 6.12. The van der Waals surface area contributed by atoms with Crippen LogP contribution in [0.1, 0.15) is 57.8 Å². The molecule has 2 rings (SSSR count). The summed E-state index contributed by atoms with van der Waals surface area (Å²) in [5, 5.41) is 5.53. The van der Waals surface area contributed by atoms with E-state index in [0.717, 1.165) is 36.1 Å². The first kappa shape index (κ1) is 25.2. The highest BCUT2D eigenvalue weighted by atomic mass is 35.5. The lowest BCUT2D eigenvalue weighted by molar-refractivity contribution is -0.136. The fourth-order valence-corrected chi connectivity index (χ4v) is 4.85. The van der Waals surface area contributed by atoms with Crippen molar-refractivity contribution in [2.45, 2.75) is 71.4 Å². The number of amides is 2. The smallest absolute Gasteiger partial charge is 0.248 e. The van der Waals surface area contributed by atoms with Gasteiger partial charge in [-0.25, -0.2) is 0 Å². The lowest BCUT2D eigenvalue weighted by Gasteiger charge is -2.35. The number of rotatable bonds is 9. The van der Waals surface area contributed by atoms with Crippen LogP contribution < -0.4 is 5.32 Å². The molecule has 1 fully saturated rings. The van der Waals surface area contributed by atoms with Crippen LogP contribution in [0.15, 0.2) is 64.7 Å². The molecule has 1 N–H and O–H groups in total. The van der Waals surface area contributed by atoms with E-state index in [0.29, 0.717) is 16.3 Å². The second-order valence-corrected chi connectivity index (χ2v) is 9.65. The molecule has 168 valence electrons. The van der Waals surface area contributed by atoms with Gasteiger partial charge in [-0.1, -0.05) is 61.7 Å². The lowest BCUT2D eigenvalue weighted by atomic mass is 9.93. The first-order chi connectivity index (χ1) is 14.8. The molecule has 0 aliphatic heterocycles. The second kappa shape index (κ2) is 12.1. The van der Waals surface area contributed by atoms with Crippen molar-refractivity contribution < 1.29 is 9.59 Å². The number of carbonyl (C=O) groups excluding carboxylic acids is 2. The minimum absolute atomic E-state index is 0.120. The van der Waals surface area contributed by atoms with Crippen molar-refractivity contribution in [3.63, 3.8) is 0 Å². The highest BCUT2D eigenvalue weighted by Gasteiger charge is 2.36. The Balaban J connectivity index is 2.52. The Labute approximate surface area is 195 Å². The molecular weight excluding hydrogens is 428 g/mol. The summed E-state index contributed by atoms with van der Waals surface area (Å²) in [6, 6.07) is 3.08. The number of hydrogen-bond acceptors (Lipinski definition) is 3. The van der Waals surface area contributed by atoms with Gasteiger partial charge in [0.2, 0.25) is 11.8 Å². The SMILES string of the molecule is C=CC(=C(C)C)C(C(=O)NC1CCCCC1)N(C(=O)Cc1cccs1)C(C=C)=C(C)Cl. The molecule has 1 saturated carbocycles. The third kappa shape index (κ3) is 6.68. The fourth-order valence-electron chi connectivity index (χ4n) is 3.98. The van der Waals surface area contributed by atoms with Gasteiger partial charge in [-0.3, -0.25) is 14.5 Å². The molecule has 6 heteroatoms. The van der Waals surface area contributed by atoms with Crippen molar-refractivity contribution in [2.24, 2.45) is 0 Å². The highest BCUT2D eigenvalue weighted by molar-refractivity contribution is 7.10. The Morgan fingerprint density at radius 2 is 1.90 bits per heavy atom. The largest absolute Gasteiger partial charge is 0.351 e. The van der Waals surface area contributed by atoms with E-state index in [1.165, 1.54) is 22.7 Å². The van der Waals surface area contributed by atoms with E-state index in [-0.39, 0.29) is 24.3 Å². The van der Waals surface area contributed by atoms with Gasteiger partial charge < -0.3 is 5.32 Å². The summed E-state index contributed by atoms with van der Waals surface area (Å²) in [7, 11) is 0. The molecule has 1 aromatic rings. The molecular formula is C25H33ClN2O2S. The quantitative estimate of drug-likeness (QED) is 0.451. The Hall–Kier alpha value is -2.11. The molecule has 0 aromatic carbocycles. The van der Waals surface area contributed by atoms with Crippen molar-refractivity contribution in [3.8, 4) is 0 Å². The van der Waals surface area contributed by atoms with E-state index >= 15 is 0 Å². The Morgan fingerprint density at radius 3 is 2.39 bits per heavy atom. The first-order valence-electron chi connectivity index (χ1n) is 10.7. The van der Waals surface area contributed by atoms with Gasteiger partial charge in [-0.2, -0.15) is 0 Å². The number of thiophene rings is 1. The third-order valence-corrected chi connectivity index (χ3v) is 6.60. The summed E-state index contributed by atoms with van der Waals surface area (Å²) in [5.74, 6) is -0.415. The van der Waals surface area contributed by atoms with E-state index in [1.54, 1.807) is 19.1 Å². The van der Waals surface area contributed by atoms with Crippen LogP contribution in [0.25, 0.3) is 0 Å². The van der Waals surface area contributed by atoms with Gasteiger partial charge in [0.25, 0.3) is 0 Å². The fraction of sp³-hybridized carbons (Fsp3) is 0.440. The lowest BCUT2D eigenvalue weighted by Crippen LogP contribution is -2.52. The molecule has 0 radical (unpaired) electrons. The second-order valence-electron chi connectivity index (χ2n) is 8.05. The van der Waals surface area contributed by atoms with Crippen LogP contribution >= 0.6 is 22.9 Å². The standard InChI is InChI=1S/C25H33ClN2O2S/c1-6-21(17(3)4)24(25(30)27-19-12-9-8-10-13-19)28(22(7-2)18(5)26)23(29)16-20-14-11-15-31-20/h6-7,11,14-15,19,24H,1-2,8-10,12-13,16H2,3-5H3,(H,27,30). The maximum absolute atomic E-state index is 13.6. The van der Waals surface area contributed by atoms with E-state index in [9.17, 15) is 9.59 Å². The number of hydrogen-bond donors (Lipinski definition) is 1. The first-order valence-corrected chi connectivity index (χ1v) is 12.0. The zero-order chi connectivity index (χ0) is 23.0. The molecule has 4 nitrogen and oxygen atoms in total. The molecule has 2 amide bonds. The summed E-state index contributed by atoms with van der Waals surface area (Å²) in [6.45, 7) is 13.3. The highest BCUT2D eigenvalue weighted by Crippen LogP contribution is 2.27. The molecule has 1 aliphatic rings. The number of nitrogens with zero attached hydrogens (tertiary/aromatic N) is 1. The van der Waals surface area contributed by atoms with Crippen molar-refractivity contribution in [3.05, 3.63) is 69.6 Å². The average molecular weight is 461 g/mol. The molecule has 0 bridgehead atoms. The van der Waals surface area contributed by atoms with E-state index in [2.05, 4.69) is 18.5 Å². The van der Waals surface area contributed by atoms with Crippen molar-refractivity contribution in [1.82, 2.24) is 10.2 Å². The van der Waals surface area contributed by atoms with Crippen LogP contribution in [0.5, 0.6) is 0 Å². The van der Waals surface area contributed by atoms with Gasteiger partial charge in [0, 0.05) is 16.0 Å². The van der Waals surface area contributed by atoms with Gasteiger partial charge in [-0.05, 0) is 56.7 Å². The van der Waals surface area contributed by atoms with Crippen LogP contribution in [0, 0.1) is 0 Å². The van der Waals surface area contributed by atoms with Crippen LogP contribution in [-0.4, -0.2) is 28.8 Å². The molecule has 0 spiro atoms. The van der Waals surface area contributed by atoms with Crippen LogP contribution in [-0.2, 0) is 16.0 Å². The number of halogens is 1. The molecule has 1 aromatic heterocycles. The van der Waals surface area contributed by atoms with Gasteiger partial charge in [-0.15, -0.1) is 11.3 Å². The van der Waals surface area contributed by atoms with Crippen LogP contribution in [0.2, 0.25) is 0 Å². The predicted molar refractivity (Wildman–Crippen MR) is 131 cm³/mol. The Bertz CT molecular complexity index is 856. The number of allylic oxidation sites excluding steroid dienone is 3. The molecule has 1 atom stereocenters. The average Bonchev–Trinajstić information content (AvgIpc) is 3.23. The topological polar surface area (TPSA) is 49.4 Å². The third-order valence-electron chi connectivity index (χ3n) is 5.53. The summed E-state index contributed by atoms with van der Waals surface area (Å²) < 4.78 is 0. The molecule has 0 saturated heterocycles. The molecule has 1 unspecified atom stereocenters. The Kier molecular flexibility index (Phi) is 9.79. The maximum Gasteiger partial charge on any atom is 0.248 e. The van der Waals surface area contributed by atoms with Crippen LogP contribution in [0.4, 0.5) is 0 Å². The summed E-state index contributed by atoms with van der Waals surface area (Å²) in [6.07, 6.45) is 8.70. The normalized spacial score (nSPS) is 16.0. The maximum atomic E-state index is 13.6. The Morgan fingerprint density at radius 1 is 1.23 bits per heavy atom. The van der Waals surface area contributed by atoms with Gasteiger partial charge in [0.15, 0.2) is 0 Å². The van der Waals surface area contributed by atoms with Crippen molar-refractivity contribution >= 4 is 34.8 Å². The zero-order valence-electron chi connectivity index (χ0n) is 18.7. The van der Waals surface area contributed by atoms with Gasteiger partial charge in [0.1, 0.15) is 6.04 Å². The van der Waals surface area contributed by atoms with Gasteiger partial charge >= 0.3 is 0 Å². The van der Waals surface area contributed by atoms with E-state index in [4.69, 9.17) is 11.6 Å². The number of carbonyl (C=O) groups is 2. The monoisotopic (exact) mass is 460 g/mol. The zero-order valence-corrected chi connectivity index (χ0v) is 20.3. The minimum Gasteiger partial charge on any atom is -0.351 e.